The molecule has 1 fully saturated rings. The van der Waals surface area contributed by atoms with E-state index >= 15 is 0 Å². The summed E-state index contributed by atoms with van der Waals surface area (Å²) in [6.07, 6.45) is 6.17. The predicted octanol–water partition coefficient (Wildman–Crippen LogP) is 0.921. The van der Waals surface area contributed by atoms with Crippen molar-refractivity contribution in [3.8, 4) is 0 Å². The number of hydrogen-bond acceptors (Lipinski definition) is 4. The largest absolute Gasteiger partial charge is 0.313 e. The maximum atomic E-state index is 4.25. The Morgan fingerprint density at radius 3 is 2.81 bits per heavy atom. The number of tetrazole rings is 1. The summed E-state index contributed by atoms with van der Waals surface area (Å²) in [6.45, 7) is 3.28. The highest BCUT2D eigenvalue weighted by Crippen LogP contribution is 2.30. The third-order valence-electron chi connectivity index (χ3n) is 3.33. The molecule has 0 saturated heterocycles. The Balaban J connectivity index is 1.90. The number of nitrogens with zero attached hydrogens (tertiary/aromatic N) is 4. The van der Waals surface area contributed by atoms with Gasteiger partial charge in [0.2, 0.25) is 0 Å². The Morgan fingerprint density at radius 1 is 1.50 bits per heavy atom. The first-order chi connectivity index (χ1) is 7.79. The van der Waals surface area contributed by atoms with Crippen LogP contribution in [0, 0.1) is 5.92 Å². The lowest BCUT2D eigenvalue weighted by molar-refractivity contribution is 0.225. The number of aryl methyl sites for hydroxylation is 1. The molecule has 16 heavy (non-hydrogen) atoms. The van der Waals surface area contributed by atoms with Crippen LogP contribution in [0.4, 0.5) is 0 Å². The van der Waals surface area contributed by atoms with Crippen LogP contribution in [0.5, 0.6) is 0 Å². The number of nitrogens with one attached hydrogen (secondary N) is 1. The van der Waals surface area contributed by atoms with Crippen molar-refractivity contribution < 1.29 is 0 Å². The summed E-state index contributed by atoms with van der Waals surface area (Å²) in [6, 6.07) is 0.540. The average molecular weight is 223 g/mol. The Labute approximate surface area is 96.6 Å². The van der Waals surface area contributed by atoms with E-state index in [9.17, 15) is 0 Å². The summed E-state index contributed by atoms with van der Waals surface area (Å²) in [5, 5.41) is 15.8. The molecule has 1 aromatic heterocycles. The Bertz CT molecular complexity index is 318. The first kappa shape index (κ1) is 11.5. The van der Waals surface area contributed by atoms with Gasteiger partial charge in [-0.25, -0.2) is 0 Å². The summed E-state index contributed by atoms with van der Waals surface area (Å²) >= 11 is 0. The van der Waals surface area contributed by atoms with Crippen LogP contribution in [-0.4, -0.2) is 32.8 Å². The van der Waals surface area contributed by atoms with E-state index in [0.717, 1.165) is 24.7 Å². The fraction of sp³-hybridized carbons (Fsp3) is 0.909. The van der Waals surface area contributed by atoms with Crippen LogP contribution >= 0.6 is 0 Å². The molecular formula is C11H21N5. The molecule has 5 heteroatoms. The van der Waals surface area contributed by atoms with Crippen LogP contribution in [0.1, 0.15) is 38.4 Å². The van der Waals surface area contributed by atoms with Gasteiger partial charge < -0.3 is 5.32 Å². The van der Waals surface area contributed by atoms with Crippen molar-refractivity contribution in [2.24, 2.45) is 13.0 Å². The van der Waals surface area contributed by atoms with Crippen molar-refractivity contribution in [2.75, 3.05) is 6.54 Å². The molecule has 1 aliphatic rings. The maximum absolute atomic E-state index is 4.25. The highest BCUT2D eigenvalue weighted by molar-refractivity contribution is 4.91. The first-order valence-electron chi connectivity index (χ1n) is 6.26. The maximum Gasteiger partial charge on any atom is 0.176 e. The third kappa shape index (κ3) is 2.78. The summed E-state index contributed by atoms with van der Waals surface area (Å²) in [4.78, 5) is 1.53. The van der Waals surface area contributed by atoms with Gasteiger partial charge in [-0.1, -0.05) is 13.3 Å². The molecule has 2 rings (SSSR count). The number of rotatable bonds is 6. The van der Waals surface area contributed by atoms with E-state index in [1.165, 1.54) is 30.5 Å². The van der Waals surface area contributed by atoms with Crippen LogP contribution in [0.3, 0.4) is 0 Å². The fourth-order valence-corrected chi connectivity index (χ4v) is 2.18. The van der Waals surface area contributed by atoms with Gasteiger partial charge in [0.15, 0.2) is 5.82 Å². The molecule has 5 nitrogen and oxygen atoms in total. The van der Waals surface area contributed by atoms with Crippen molar-refractivity contribution in [1.29, 1.82) is 0 Å². The van der Waals surface area contributed by atoms with Crippen LogP contribution in [0.15, 0.2) is 0 Å². The van der Waals surface area contributed by atoms with E-state index in [4.69, 9.17) is 0 Å². The molecule has 90 valence electrons. The van der Waals surface area contributed by atoms with Gasteiger partial charge in [-0.3, -0.25) is 0 Å². The van der Waals surface area contributed by atoms with Crippen LogP contribution in [-0.2, 0) is 13.5 Å². The third-order valence-corrected chi connectivity index (χ3v) is 3.33. The average Bonchev–Trinajstić information content (AvgIpc) is 2.58. The standard InChI is InChI=1S/C11H21N5/c1-3-7-12-10(9-5-4-6-9)8-11-13-15-16(2)14-11/h9-10,12H,3-8H2,1-2H3. The molecule has 1 aliphatic carbocycles. The van der Waals surface area contributed by atoms with Gasteiger partial charge in [0.05, 0.1) is 7.05 Å². The second-order valence-electron chi connectivity index (χ2n) is 4.65. The molecule has 0 bridgehead atoms. The van der Waals surface area contributed by atoms with E-state index in [-0.39, 0.29) is 0 Å². The van der Waals surface area contributed by atoms with E-state index in [1.807, 2.05) is 7.05 Å². The Hall–Kier alpha value is -0.970. The molecule has 1 unspecified atom stereocenters. The smallest absolute Gasteiger partial charge is 0.176 e. The fourth-order valence-electron chi connectivity index (χ4n) is 2.18. The lowest BCUT2D eigenvalue weighted by Gasteiger charge is -2.33. The van der Waals surface area contributed by atoms with Gasteiger partial charge in [-0.05, 0) is 36.9 Å². The molecule has 1 aromatic rings. The summed E-state index contributed by atoms with van der Waals surface area (Å²) in [7, 11) is 1.81. The van der Waals surface area contributed by atoms with Crippen molar-refractivity contribution in [3.63, 3.8) is 0 Å². The van der Waals surface area contributed by atoms with Gasteiger partial charge in [-0.15, -0.1) is 10.2 Å². The Kier molecular flexibility index (Phi) is 3.88. The predicted molar refractivity (Wildman–Crippen MR) is 61.9 cm³/mol. The normalized spacial score (nSPS) is 18.4. The Morgan fingerprint density at radius 2 is 2.31 bits per heavy atom. The second-order valence-corrected chi connectivity index (χ2v) is 4.65. The monoisotopic (exact) mass is 223 g/mol. The minimum atomic E-state index is 0.540. The van der Waals surface area contributed by atoms with Crippen molar-refractivity contribution in [2.45, 2.75) is 45.1 Å². The molecule has 1 saturated carbocycles. The molecule has 0 radical (unpaired) electrons. The first-order valence-corrected chi connectivity index (χ1v) is 6.26. The molecule has 1 heterocycles. The van der Waals surface area contributed by atoms with Crippen LogP contribution in [0.2, 0.25) is 0 Å². The quantitative estimate of drug-likeness (QED) is 0.779. The van der Waals surface area contributed by atoms with Gasteiger partial charge in [0.25, 0.3) is 0 Å². The van der Waals surface area contributed by atoms with Crippen molar-refractivity contribution in [3.05, 3.63) is 5.82 Å². The highest BCUT2D eigenvalue weighted by atomic mass is 15.6. The van der Waals surface area contributed by atoms with Gasteiger partial charge in [0, 0.05) is 12.5 Å². The van der Waals surface area contributed by atoms with Crippen LogP contribution in [0.25, 0.3) is 0 Å². The molecule has 1 atom stereocenters. The van der Waals surface area contributed by atoms with Crippen LogP contribution < -0.4 is 5.32 Å². The van der Waals surface area contributed by atoms with E-state index in [0.29, 0.717) is 6.04 Å². The van der Waals surface area contributed by atoms with Crippen molar-refractivity contribution in [1.82, 2.24) is 25.5 Å². The minimum Gasteiger partial charge on any atom is -0.313 e. The topological polar surface area (TPSA) is 55.6 Å². The summed E-state index contributed by atoms with van der Waals surface area (Å²) in [5.41, 5.74) is 0. The van der Waals surface area contributed by atoms with Gasteiger partial charge in [0.1, 0.15) is 0 Å². The summed E-state index contributed by atoms with van der Waals surface area (Å²) in [5.74, 6) is 1.68. The van der Waals surface area contributed by atoms with Gasteiger partial charge >= 0.3 is 0 Å². The zero-order valence-corrected chi connectivity index (χ0v) is 10.2. The SMILES string of the molecule is CCCNC(Cc1nnn(C)n1)C1CCC1. The lowest BCUT2D eigenvalue weighted by atomic mass is 9.78. The van der Waals surface area contributed by atoms with E-state index < -0.39 is 0 Å². The van der Waals surface area contributed by atoms with Gasteiger partial charge in [-0.2, -0.15) is 4.80 Å². The molecule has 0 aromatic carbocycles. The summed E-state index contributed by atoms with van der Waals surface area (Å²) < 4.78 is 0. The molecule has 0 aliphatic heterocycles. The molecule has 0 amide bonds. The zero-order valence-electron chi connectivity index (χ0n) is 10.2. The lowest BCUT2D eigenvalue weighted by Crippen LogP contribution is -2.41. The second kappa shape index (κ2) is 5.39. The molecular weight excluding hydrogens is 202 g/mol. The van der Waals surface area contributed by atoms with E-state index in [1.54, 1.807) is 0 Å². The molecule has 0 spiro atoms. The van der Waals surface area contributed by atoms with E-state index in [2.05, 4.69) is 27.7 Å². The number of aromatic nitrogens is 4. The highest BCUT2D eigenvalue weighted by Gasteiger charge is 2.27. The zero-order chi connectivity index (χ0) is 11.4. The number of hydrogen-bond donors (Lipinski definition) is 1. The molecule has 1 N–H and O–H groups in total. The minimum absolute atomic E-state index is 0.540. The van der Waals surface area contributed by atoms with Crippen molar-refractivity contribution >= 4 is 0 Å².